The molecule has 0 aliphatic heterocycles. The maximum Gasteiger partial charge on any atom is 0.264 e. The summed E-state index contributed by atoms with van der Waals surface area (Å²) in [5.41, 5.74) is 4.08. The summed E-state index contributed by atoms with van der Waals surface area (Å²) in [5, 5.41) is 5.40. The van der Waals surface area contributed by atoms with Crippen LogP contribution in [0.4, 0.5) is 10.2 Å². The van der Waals surface area contributed by atoms with Crippen LogP contribution in [-0.4, -0.2) is 24.3 Å². The Morgan fingerprint density at radius 3 is 2.81 bits per heavy atom. The van der Waals surface area contributed by atoms with Crippen molar-refractivity contribution < 1.29 is 4.39 Å². The number of fused-ring (bicyclic) bond motifs is 2. The molecule has 156 valence electrons. The van der Waals surface area contributed by atoms with Crippen LogP contribution in [0.2, 0.25) is 0 Å². The van der Waals surface area contributed by atoms with Crippen molar-refractivity contribution in [2.45, 2.75) is 26.3 Å². The topological polar surface area (TPSA) is 88.0 Å². The fraction of sp³-hybridized carbons (Fsp3) is 0.182. The van der Waals surface area contributed by atoms with E-state index in [4.69, 9.17) is 0 Å². The van der Waals surface area contributed by atoms with Crippen molar-refractivity contribution in [3.63, 3.8) is 0 Å². The van der Waals surface area contributed by atoms with Gasteiger partial charge in [0.2, 0.25) is 0 Å². The number of thiazole rings is 1. The lowest BCUT2D eigenvalue weighted by atomic mass is 9.95. The Morgan fingerprint density at radius 2 is 2.03 bits per heavy atom. The van der Waals surface area contributed by atoms with Gasteiger partial charge in [0.05, 0.1) is 17.9 Å². The molecule has 1 atom stereocenters. The van der Waals surface area contributed by atoms with Crippen LogP contribution in [-0.2, 0) is 0 Å². The van der Waals surface area contributed by atoms with Crippen LogP contribution >= 0.6 is 11.3 Å². The molecule has 9 heteroatoms. The molecule has 0 spiro atoms. The Hall–Kier alpha value is -3.59. The number of rotatable bonds is 5. The molecule has 2 N–H and O–H groups in total. The van der Waals surface area contributed by atoms with Crippen LogP contribution in [0, 0.1) is 12.7 Å². The van der Waals surface area contributed by atoms with E-state index in [1.807, 2.05) is 25.3 Å². The summed E-state index contributed by atoms with van der Waals surface area (Å²) in [5.74, 6) is 0.246. The summed E-state index contributed by atoms with van der Waals surface area (Å²) in [6.45, 7) is 3.94. The molecule has 0 saturated carbocycles. The predicted octanol–water partition coefficient (Wildman–Crippen LogP) is 4.71. The average Bonchev–Trinajstić information content (AvgIpc) is 3.40. The summed E-state index contributed by atoms with van der Waals surface area (Å²) >= 11 is 1.52. The molecule has 7 nitrogen and oxygen atoms in total. The molecule has 5 aromatic rings. The summed E-state index contributed by atoms with van der Waals surface area (Å²) in [6.07, 6.45) is 3.74. The van der Waals surface area contributed by atoms with Gasteiger partial charge in [0.1, 0.15) is 22.5 Å². The van der Waals surface area contributed by atoms with Gasteiger partial charge in [-0.3, -0.25) is 9.20 Å². The van der Waals surface area contributed by atoms with E-state index in [0.29, 0.717) is 34.5 Å². The van der Waals surface area contributed by atoms with Crippen LogP contribution < -0.4 is 10.9 Å². The summed E-state index contributed by atoms with van der Waals surface area (Å²) in [6, 6.07) is 7.86. The third-order valence-corrected chi connectivity index (χ3v) is 6.35. The minimum Gasteiger partial charge on any atom is -0.361 e. The maximum absolute atomic E-state index is 13.6. The Balaban J connectivity index is 1.72. The van der Waals surface area contributed by atoms with Crippen molar-refractivity contribution in [3.05, 3.63) is 75.8 Å². The SMILES string of the molecule is CCC(Nc1ncnc2[nH]cnc12)c1cc2scc(C)n2c(=O)c1-c1ccc(F)cc1. The van der Waals surface area contributed by atoms with E-state index in [9.17, 15) is 9.18 Å². The number of hydrogen-bond donors (Lipinski definition) is 2. The number of imidazole rings is 1. The number of pyridine rings is 1. The molecule has 5 rings (SSSR count). The fourth-order valence-corrected chi connectivity index (χ4v) is 4.76. The fourth-order valence-electron chi connectivity index (χ4n) is 3.84. The number of halogens is 1. The second kappa shape index (κ2) is 7.59. The van der Waals surface area contributed by atoms with Crippen molar-refractivity contribution in [2.24, 2.45) is 0 Å². The molecule has 0 fully saturated rings. The predicted molar refractivity (Wildman–Crippen MR) is 120 cm³/mol. The molecule has 4 aromatic heterocycles. The molecule has 4 heterocycles. The van der Waals surface area contributed by atoms with Gasteiger partial charge in [-0.05, 0) is 42.7 Å². The van der Waals surface area contributed by atoms with Crippen molar-refractivity contribution in [2.75, 3.05) is 5.32 Å². The average molecular weight is 435 g/mol. The Kier molecular flexibility index (Phi) is 4.74. The number of anilines is 1. The highest BCUT2D eigenvalue weighted by atomic mass is 32.1. The highest BCUT2D eigenvalue weighted by molar-refractivity contribution is 7.15. The number of benzene rings is 1. The van der Waals surface area contributed by atoms with E-state index < -0.39 is 0 Å². The lowest BCUT2D eigenvalue weighted by Gasteiger charge is -2.21. The molecular weight excluding hydrogens is 415 g/mol. The Labute approximate surface area is 180 Å². The number of aromatic nitrogens is 5. The number of nitrogens with one attached hydrogen (secondary N) is 2. The zero-order valence-electron chi connectivity index (χ0n) is 16.9. The standard InChI is InChI=1S/C22H19FN6OS/c1-3-16(28-21-19-20(25-10-24-19)26-11-27-21)15-8-17-29(12(2)9-31-17)22(30)18(15)13-4-6-14(23)7-5-13/h4-11,16H,3H2,1-2H3,(H2,24,25,26,27,28). The molecule has 1 aromatic carbocycles. The number of aromatic amines is 1. The van der Waals surface area contributed by atoms with Gasteiger partial charge in [0.15, 0.2) is 11.5 Å². The van der Waals surface area contributed by atoms with Crippen molar-refractivity contribution in [1.82, 2.24) is 24.3 Å². The summed E-state index contributed by atoms with van der Waals surface area (Å²) < 4.78 is 15.3. The number of hydrogen-bond acceptors (Lipinski definition) is 6. The molecule has 0 aliphatic carbocycles. The lowest BCUT2D eigenvalue weighted by Crippen LogP contribution is -2.22. The first kappa shape index (κ1) is 19.4. The largest absolute Gasteiger partial charge is 0.361 e. The lowest BCUT2D eigenvalue weighted by molar-refractivity contribution is 0.628. The molecule has 0 amide bonds. The number of aryl methyl sites for hydroxylation is 1. The molecule has 0 bridgehead atoms. The number of H-pyrrole nitrogens is 1. The molecule has 31 heavy (non-hydrogen) atoms. The van der Waals surface area contributed by atoms with Gasteiger partial charge < -0.3 is 10.3 Å². The molecule has 0 saturated heterocycles. The smallest absolute Gasteiger partial charge is 0.264 e. The normalized spacial score (nSPS) is 12.5. The monoisotopic (exact) mass is 434 g/mol. The van der Waals surface area contributed by atoms with Crippen LogP contribution in [0.15, 0.2) is 53.2 Å². The summed E-state index contributed by atoms with van der Waals surface area (Å²) in [4.78, 5) is 30.3. The van der Waals surface area contributed by atoms with Crippen LogP contribution in [0.25, 0.3) is 27.1 Å². The quantitative estimate of drug-likeness (QED) is 0.418. The first-order valence-corrected chi connectivity index (χ1v) is 10.7. The second-order valence-corrected chi connectivity index (χ2v) is 8.15. The van der Waals surface area contributed by atoms with E-state index in [1.165, 1.54) is 29.8 Å². The first-order valence-electron chi connectivity index (χ1n) is 9.87. The van der Waals surface area contributed by atoms with Crippen LogP contribution in [0.1, 0.15) is 30.6 Å². The summed E-state index contributed by atoms with van der Waals surface area (Å²) in [7, 11) is 0. The van der Waals surface area contributed by atoms with E-state index in [-0.39, 0.29) is 17.4 Å². The van der Waals surface area contributed by atoms with Gasteiger partial charge in [-0.25, -0.2) is 19.3 Å². The zero-order chi connectivity index (χ0) is 21.5. The van der Waals surface area contributed by atoms with Gasteiger partial charge >= 0.3 is 0 Å². The van der Waals surface area contributed by atoms with Gasteiger partial charge in [0.25, 0.3) is 5.56 Å². The molecule has 0 aliphatic rings. The van der Waals surface area contributed by atoms with E-state index in [0.717, 1.165) is 16.1 Å². The van der Waals surface area contributed by atoms with E-state index in [2.05, 4.69) is 25.3 Å². The van der Waals surface area contributed by atoms with Crippen molar-refractivity contribution >= 4 is 33.1 Å². The third kappa shape index (κ3) is 3.27. The zero-order valence-corrected chi connectivity index (χ0v) is 17.7. The van der Waals surface area contributed by atoms with Gasteiger partial charge in [-0.1, -0.05) is 19.1 Å². The highest BCUT2D eigenvalue weighted by Gasteiger charge is 2.22. The highest BCUT2D eigenvalue weighted by Crippen LogP contribution is 2.33. The van der Waals surface area contributed by atoms with Crippen molar-refractivity contribution in [1.29, 1.82) is 0 Å². The van der Waals surface area contributed by atoms with Crippen LogP contribution in [0.3, 0.4) is 0 Å². The second-order valence-electron chi connectivity index (χ2n) is 7.26. The molecule has 0 radical (unpaired) electrons. The minimum absolute atomic E-state index is 0.120. The van der Waals surface area contributed by atoms with Crippen molar-refractivity contribution in [3.8, 4) is 11.1 Å². The molecular formula is C22H19FN6OS. The van der Waals surface area contributed by atoms with Gasteiger partial charge in [-0.2, -0.15) is 0 Å². The minimum atomic E-state index is -0.342. The Morgan fingerprint density at radius 1 is 1.23 bits per heavy atom. The van der Waals surface area contributed by atoms with Gasteiger partial charge in [0, 0.05) is 11.1 Å². The van der Waals surface area contributed by atoms with Crippen LogP contribution in [0.5, 0.6) is 0 Å². The molecule has 1 unspecified atom stereocenters. The van der Waals surface area contributed by atoms with Gasteiger partial charge in [-0.15, -0.1) is 11.3 Å². The third-order valence-electron chi connectivity index (χ3n) is 5.35. The van der Waals surface area contributed by atoms with E-state index >= 15 is 0 Å². The first-order chi connectivity index (χ1) is 15.1. The van der Waals surface area contributed by atoms with E-state index in [1.54, 1.807) is 22.9 Å². The Bertz CT molecular complexity index is 1450. The number of nitrogens with zero attached hydrogens (tertiary/aromatic N) is 4. The maximum atomic E-state index is 13.6.